The Morgan fingerprint density at radius 2 is 2.31 bits per heavy atom. The fourth-order valence-corrected chi connectivity index (χ4v) is 2.62. The number of aromatic nitrogens is 1. The van der Waals surface area contributed by atoms with Crippen molar-refractivity contribution in [1.29, 1.82) is 0 Å². The van der Waals surface area contributed by atoms with E-state index >= 15 is 0 Å². The Labute approximate surface area is 103 Å². The summed E-state index contributed by atoms with van der Waals surface area (Å²) >= 11 is 3.28. The van der Waals surface area contributed by atoms with Crippen molar-refractivity contribution < 1.29 is 9.59 Å². The number of amides is 2. The number of imide groups is 1. The summed E-state index contributed by atoms with van der Waals surface area (Å²) in [6, 6.07) is 0. The van der Waals surface area contributed by atoms with Crippen LogP contribution in [0.3, 0.4) is 0 Å². The van der Waals surface area contributed by atoms with Crippen LogP contribution in [0, 0.1) is 6.92 Å². The van der Waals surface area contributed by atoms with Crippen molar-refractivity contribution in [3.8, 4) is 0 Å². The third-order valence-corrected chi connectivity index (χ3v) is 3.52. The van der Waals surface area contributed by atoms with Gasteiger partial charge in [0, 0.05) is 30.2 Å². The molecular formula is C10H14N2O2S2. The Hall–Kier alpha value is -0.880. The molecule has 0 bridgehead atoms. The van der Waals surface area contributed by atoms with Crippen molar-refractivity contribution in [2.75, 3.05) is 5.75 Å². The number of nitrogens with one attached hydrogen (secondary N) is 1. The third kappa shape index (κ3) is 5.27. The molecule has 4 nitrogen and oxygen atoms in total. The van der Waals surface area contributed by atoms with Crippen LogP contribution in [0.4, 0.5) is 0 Å². The first-order valence-corrected chi connectivity index (χ1v) is 6.90. The lowest BCUT2D eigenvalue weighted by atomic mass is 10.4. The Bertz CT molecular complexity index is 377. The number of thioether (sulfide) groups is 1. The molecule has 0 saturated heterocycles. The maximum atomic E-state index is 11.1. The Morgan fingerprint density at radius 3 is 2.88 bits per heavy atom. The van der Waals surface area contributed by atoms with Gasteiger partial charge in [0.1, 0.15) is 0 Å². The van der Waals surface area contributed by atoms with Crippen LogP contribution in [0.15, 0.2) is 5.38 Å². The summed E-state index contributed by atoms with van der Waals surface area (Å²) in [6.07, 6.45) is 0.368. The van der Waals surface area contributed by atoms with Gasteiger partial charge in [-0.15, -0.1) is 11.3 Å². The number of thiazole rings is 1. The molecule has 0 saturated carbocycles. The van der Waals surface area contributed by atoms with Crippen LogP contribution in [0.25, 0.3) is 0 Å². The first kappa shape index (κ1) is 13.2. The minimum atomic E-state index is -0.301. The zero-order valence-corrected chi connectivity index (χ0v) is 10.9. The van der Waals surface area contributed by atoms with Gasteiger partial charge in [0.15, 0.2) is 0 Å². The molecule has 16 heavy (non-hydrogen) atoms. The summed E-state index contributed by atoms with van der Waals surface area (Å²) in [7, 11) is 0. The molecule has 88 valence electrons. The highest BCUT2D eigenvalue weighted by Gasteiger charge is 2.04. The van der Waals surface area contributed by atoms with E-state index in [9.17, 15) is 9.59 Å². The SMILES string of the molecule is CC(=O)NC(=O)CCSCc1csc(C)n1. The Kier molecular flexibility index (Phi) is 5.48. The molecule has 0 aliphatic carbocycles. The molecule has 1 N–H and O–H groups in total. The molecule has 0 atom stereocenters. The molecule has 1 rings (SSSR count). The number of hydrogen-bond acceptors (Lipinski definition) is 5. The van der Waals surface area contributed by atoms with Gasteiger partial charge in [0.25, 0.3) is 0 Å². The predicted octanol–water partition coefficient (Wildman–Crippen LogP) is 1.74. The summed E-state index contributed by atoms with van der Waals surface area (Å²) in [4.78, 5) is 26.0. The first-order valence-electron chi connectivity index (χ1n) is 4.87. The van der Waals surface area contributed by atoms with Gasteiger partial charge in [-0.3, -0.25) is 14.9 Å². The normalized spacial score (nSPS) is 10.1. The second kappa shape index (κ2) is 6.65. The molecule has 1 aromatic heterocycles. The van der Waals surface area contributed by atoms with E-state index in [0.29, 0.717) is 12.2 Å². The van der Waals surface area contributed by atoms with Crippen molar-refractivity contribution in [1.82, 2.24) is 10.3 Å². The monoisotopic (exact) mass is 258 g/mol. The van der Waals surface area contributed by atoms with Gasteiger partial charge in [-0.1, -0.05) is 0 Å². The van der Waals surface area contributed by atoms with Crippen LogP contribution in [0.1, 0.15) is 24.0 Å². The zero-order chi connectivity index (χ0) is 12.0. The van der Waals surface area contributed by atoms with Crippen molar-refractivity contribution in [2.24, 2.45) is 0 Å². The van der Waals surface area contributed by atoms with Crippen molar-refractivity contribution in [2.45, 2.75) is 26.0 Å². The van der Waals surface area contributed by atoms with E-state index in [0.717, 1.165) is 16.5 Å². The lowest BCUT2D eigenvalue weighted by Gasteiger charge is -2.00. The summed E-state index contributed by atoms with van der Waals surface area (Å²) in [6.45, 7) is 3.31. The minimum absolute atomic E-state index is 0.213. The lowest BCUT2D eigenvalue weighted by molar-refractivity contribution is -0.128. The number of nitrogens with zero attached hydrogens (tertiary/aromatic N) is 1. The van der Waals surface area contributed by atoms with Gasteiger partial charge in [0.05, 0.1) is 10.7 Å². The van der Waals surface area contributed by atoms with Gasteiger partial charge < -0.3 is 0 Å². The highest BCUT2D eigenvalue weighted by Crippen LogP contribution is 2.15. The number of hydrogen-bond donors (Lipinski definition) is 1. The fourth-order valence-electron chi connectivity index (χ4n) is 1.07. The summed E-state index contributed by atoms with van der Waals surface area (Å²) in [5.74, 6) is 1.01. The molecule has 0 aliphatic rings. The van der Waals surface area contributed by atoms with Gasteiger partial charge in [-0.2, -0.15) is 11.8 Å². The van der Waals surface area contributed by atoms with Crippen LogP contribution in [-0.2, 0) is 15.3 Å². The van der Waals surface area contributed by atoms with Gasteiger partial charge in [-0.05, 0) is 6.92 Å². The van der Waals surface area contributed by atoms with Gasteiger partial charge in [-0.25, -0.2) is 4.98 Å². The number of rotatable bonds is 5. The summed E-state index contributed by atoms with van der Waals surface area (Å²) in [5.41, 5.74) is 1.06. The van der Waals surface area contributed by atoms with E-state index in [1.165, 1.54) is 6.92 Å². The van der Waals surface area contributed by atoms with Crippen molar-refractivity contribution in [3.63, 3.8) is 0 Å². The second-order valence-electron chi connectivity index (χ2n) is 3.26. The predicted molar refractivity (Wildman–Crippen MR) is 66.5 cm³/mol. The molecule has 6 heteroatoms. The quantitative estimate of drug-likeness (QED) is 0.817. The number of carbonyl (C=O) groups excluding carboxylic acids is 2. The maximum absolute atomic E-state index is 11.1. The molecule has 1 aromatic rings. The fraction of sp³-hybridized carbons (Fsp3) is 0.500. The molecule has 1 heterocycles. The molecule has 2 amide bonds. The van der Waals surface area contributed by atoms with E-state index < -0.39 is 0 Å². The molecule has 0 spiro atoms. The summed E-state index contributed by atoms with van der Waals surface area (Å²) < 4.78 is 0. The van der Waals surface area contributed by atoms with Gasteiger partial charge in [0.2, 0.25) is 11.8 Å². The van der Waals surface area contributed by atoms with E-state index in [1.54, 1.807) is 23.1 Å². The van der Waals surface area contributed by atoms with Crippen molar-refractivity contribution in [3.05, 3.63) is 16.1 Å². The molecule has 0 radical (unpaired) electrons. The summed E-state index contributed by atoms with van der Waals surface area (Å²) in [5, 5.41) is 5.33. The lowest BCUT2D eigenvalue weighted by Crippen LogP contribution is -2.28. The smallest absolute Gasteiger partial charge is 0.227 e. The molecule has 0 unspecified atom stereocenters. The third-order valence-electron chi connectivity index (χ3n) is 1.71. The average molecular weight is 258 g/mol. The largest absolute Gasteiger partial charge is 0.297 e. The van der Waals surface area contributed by atoms with Crippen LogP contribution >= 0.6 is 23.1 Å². The highest BCUT2D eigenvalue weighted by atomic mass is 32.2. The van der Waals surface area contributed by atoms with Crippen molar-refractivity contribution >= 4 is 34.9 Å². The first-order chi connectivity index (χ1) is 7.58. The van der Waals surface area contributed by atoms with Gasteiger partial charge >= 0.3 is 0 Å². The van der Waals surface area contributed by atoms with Crippen LogP contribution in [-0.4, -0.2) is 22.6 Å². The van der Waals surface area contributed by atoms with E-state index in [1.807, 2.05) is 12.3 Å². The maximum Gasteiger partial charge on any atom is 0.227 e. The van der Waals surface area contributed by atoms with E-state index in [-0.39, 0.29) is 11.8 Å². The van der Waals surface area contributed by atoms with Crippen LogP contribution in [0.2, 0.25) is 0 Å². The topological polar surface area (TPSA) is 59.1 Å². The van der Waals surface area contributed by atoms with Crippen LogP contribution in [0.5, 0.6) is 0 Å². The number of carbonyl (C=O) groups is 2. The highest BCUT2D eigenvalue weighted by molar-refractivity contribution is 7.98. The second-order valence-corrected chi connectivity index (χ2v) is 5.43. The molecule has 0 aliphatic heterocycles. The van der Waals surface area contributed by atoms with Crippen LogP contribution < -0.4 is 5.32 Å². The molecular weight excluding hydrogens is 244 g/mol. The van der Waals surface area contributed by atoms with E-state index in [2.05, 4.69) is 10.3 Å². The minimum Gasteiger partial charge on any atom is -0.297 e. The van der Waals surface area contributed by atoms with E-state index in [4.69, 9.17) is 0 Å². The Balaban J connectivity index is 2.12. The molecule has 0 aromatic carbocycles. The number of aryl methyl sites for hydroxylation is 1. The average Bonchev–Trinajstić information content (AvgIpc) is 2.58. The standard InChI is InChI=1S/C10H14N2O2S2/c1-7(13)11-10(14)3-4-15-5-9-6-16-8(2)12-9/h6H,3-5H2,1-2H3,(H,11,13,14). The zero-order valence-electron chi connectivity index (χ0n) is 9.28. The Morgan fingerprint density at radius 1 is 1.56 bits per heavy atom. The molecule has 0 fully saturated rings.